The van der Waals surface area contributed by atoms with E-state index in [2.05, 4.69) is 20.6 Å². The highest BCUT2D eigenvalue weighted by Crippen LogP contribution is 2.34. The van der Waals surface area contributed by atoms with E-state index in [4.69, 9.17) is 23.2 Å². The highest BCUT2D eigenvalue weighted by Gasteiger charge is 2.24. The highest BCUT2D eigenvalue weighted by molar-refractivity contribution is 6.36. The highest BCUT2D eigenvalue weighted by atomic mass is 35.5. The summed E-state index contributed by atoms with van der Waals surface area (Å²) in [7, 11) is 0. The van der Waals surface area contributed by atoms with Gasteiger partial charge in [-0.3, -0.25) is 10.1 Å². The van der Waals surface area contributed by atoms with Gasteiger partial charge >= 0.3 is 5.69 Å². The second kappa shape index (κ2) is 7.43. The van der Waals surface area contributed by atoms with Crippen LogP contribution in [0.3, 0.4) is 0 Å². The van der Waals surface area contributed by atoms with Crippen LogP contribution in [0.15, 0.2) is 24.5 Å². The average Bonchev–Trinajstić information content (AvgIpc) is 2.49. The van der Waals surface area contributed by atoms with Gasteiger partial charge in [0, 0.05) is 11.1 Å². The van der Waals surface area contributed by atoms with Crippen LogP contribution in [0, 0.1) is 10.1 Å². The molecule has 0 radical (unpaired) electrons. The molecule has 0 fully saturated rings. The lowest BCUT2D eigenvalue weighted by atomic mass is 10.2. The molecular formula is C14H15Cl2N5O2. The van der Waals surface area contributed by atoms with Crippen LogP contribution in [0.2, 0.25) is 10.0 Å². The van der Waals surface area contributed by atoms with Crippen molar-refractivity contribution in [2.75, 3.05) is 10.6 Å². The van der Waals surface area contributed by atoms with E-state index in [-0.39, 0.29) is 23.4 Å². The van der Waals surface area contributed by atoms with Crippen molar-refractivity contribution in [3.63, 3.8) is 0 Å². The number of hydrogen-bond acceptors (Lipinski definition) is 6. The van der Waals surface area contributed by atoms with E-state index < -0.39 is 4.92 Å². The molecular weight excluding hydrogens is 341 g/mol. The molecule has 0 spiro atoms. The smallest absolute Gasteiger partial charge is 0.353 e. The van der Waals surface area contributed by atoms with E-state index in [0.717, 1.165) is 6.42 Å². The number of rotatable bonds is 6. The standard InChI is InChI=1S/C14H15Cl2N5O2/c1-3-8(2)19-13-12(21(22)23)14(18-7-17-13)20-11-5-4-9(15)6-10(11)16/h4-8H,3H2,1-2H3,(H2,17,18,19,20). The van der Waals surface area contributed by atoms with Gasteiger partial charge in [0.1, 0.15) is 6.33 Å². The zero-order valence-corrected chi connectivity index (χ0v) is 14.0. The normalized spacial score (nSPS) is 11.8. The number of benzene rings is 1. The monoisotopic (exact) mass is 355 g/mol. The lowest BCUT2D eigenvalue weighted by Crippen LogP contribution is -2.16. The van der Waals surface area contributed by atoms with Crippen LogP contribution < -0.4 is 10.6 Å². The summed E-state index contributed by atoms with van der Waals surface area (Å²) >= 11 is 11.9. The molecule has 9 heteroatoms. The van der Waals surface area contributed by atoms with Gasteiger partial charge in [0.25, 0.3) is 0 Å². The van der Waals surface area contributed by atoms with Crippen LogP contribution in [-0.4, -0.2) is 20.9 Å². The Bertz CT molecular complexity index is 726. The second-order valence-corrected chi connectivity index (χ2v) is 5.72. The van der Waals surface area contributed by atoms with Gasteiger partial charge in [-0.1, -0.05) is 30.1 Å². The predicted molar refractivity (Wildman–Crippen MR) is 91.8 cm³/mol. The molecule has 0 bridgehead atoms. The van der Waals surface area contributed by atoms with Gasteiger partial charge in [-0.15, -0.1) is 0 Å². The number of nitrogens with zero attached hydrogens (tertiary/aromatic N) is 3. The van der Waals surface area contributed by atoms with Crippen LogP contribution in [0.5, 0.6) is 0 Å². The quantitative estimate of drug-likeness (QED) is 0.578. The number of aromatic nitrogens is 2. The second-order valence-electron chi connectivity index (χ2n) is 4.88. The molecule has 2 N–H and O–H groups in total. The maximum Gasteiger partial charge on any atom is 0.353 e. The van der Waals surface area contributed by atoms with Crippen molar-refractivity contribution in [1.82, 2.24) is 9.97 Å². The Morgan fingerprint density at radius 2 is 2.00 bits per heavy atom. The Labute approximate surface area is 143 Å². The number of nitro groups is 1. The number of nitrogens with one attached hydrogen (secondary N) is 2. The first kappa shape index (κ1) is 17.2. The number of anilines is 3. The maximum absolute atomic E-state index is 11.4. The molecule has 0 aliphatic carbocycles. The zero-order valence-electron chi connectivity index (χ0n) is 12.5. The van der Waals surface area contributed by atoms with Gasteiger partial charge in [-0.2, -0.15) is 0 Å². The minimum absolute atomic E-state index is 0.0376. The molecule has 0 aliphatic heterocycles. The van der Waals surface area contributed by atoms with Gasteiger partial charge in [-0.05, 0) is 31.5 Å². The van der Waals surface area contributed by atoms with E-state index in [1.165, 1.54) is 12.4 Å². The summed E-state index contributed by atoms with van der Waals surface area (Å²) in [6.07, 6.45) is 2.05. The van der Waals surface area contributed by atoms with Crippen molar-refractivity contribution in [1.29, 1.82) is 0 Å². The molecule has 1 aromatic carbocycles. The topological polar surface area (TPSA) is 93.0 Å². The van der Waals surface area contributed by atoms with Gasteiger partial charge in [-0.25, -0.2) is 9.97 Å². The van der Waals surface area contributed by atoms with Crippen molar-refractivity contribution in [3.8, 4) is 0 Å². The molecule has 0 amide bonds. The molecule has 0 saturated carbocycles. The Balaban J connectivity index is 2.41. The molecule has 7 nitrogen and oxygen atoms in total. The summed E-state index contributed by atoms with van der Waals surface area (Å²) in [5.74, 6) is 0.215. The molecule has 1 heterocycles. The summed E-state index contributed by atoms with van der Waals surface area (Å²) < 4.78 is 0. The summed E-state index contributed by atoms with van der Waals surface area (Å²) in [6.45, 7) is 3.88. The number of halogens is 2. The van der Waals surface area contributed by atoms with Crippen molar-refractivity contribution in [2.45, 2.75) is 26.3 Å². The van der Waals surface area contributed by atoms with Crippen LogP contribution in [0.25, 0.3) is 0 Å². The molecule has 1 unspecified atom stereocenters. The molecule has 1 atom stereocenters. The summed E-state index contributed by atoms with van der Waals surface area (Å²) in [6, 6.07) is 4.83. The van der Waals surface area contributed by atoms with E-state index in [9.17, 15) is 10.1 Å². The Kier molecular flexibility index (Phi) is 5.57. The fourth-order valence-corrected chi connectivity index (χ4v) is 2.26. The first-order valence-electron chi connectivity index (χ1n) is 6.90. The third-order valence-corrected chi connectivity index (χ3v) is 3.73. The third kappa shape index (κ3) is 4.20. The Hall–Kier alpha value is -2.12. The Morgan fingerprint density at radius 3 is 2.61 bits per heavy atom. The lowest BCUT2D eigenvalue weighted by Gasteiger charge is -2.14. The molecule has 122 valence electrons. The first-order valence-corrected chi connectivity index (χ1v) is 7.66. The van der Waals surface area contributed by atoms with Crippen molar-refractivity contribution in [2.24, 2.45) is 0 Å². The summed E-state index contributed by atoms with van der Waals surface area (Å²) in [4.78, 5) is 18.8. The summed E-state index contributed by atoms with van der Waals surface area (Å²) in [5, 5.41) is 18.1. The largest absolute Gasteiger partial charge is 0.362 e. The molecule has 23 heavy (non-hydrogen) atoms. The van der Waals surface area contributed by atoms with Crippen molar-refractivity contribution < 1.29 is 4.92 Å². The minimum Gasteiger partial charge on any atom is -0.362 e. The third-order valence-electron chi connectivity index (χ3n) is 3.18. The molecule has 0 saturated heterocycles. The van der Waals surface area contributed by atoms with Gasteiger partial charge < -0.3 is 10.6 Å². The predicted octanol–water partition coefficient (Wildman–Crippen LogP) is 4.65. The van der Waals surface area contributed by atoms with Crippen LogP contribution in [-0.2, 0) is 0 Å². The van der Waals surface area contributed by atoms with Crippen LogP contribution >= 0.6 is 23.2 Å². The van der Waals surface area contributed by atoms with E-state index >= 15 is 0 Å². The van der Waals surface area contributed by atoms with Crippen molar-refractivity contribution >= 4 is 46.2 Å². The van der Waals surface area contributed by atoms with Gasteiger partial charge in [0.2, 0.25) is 11.6 Å². The fraction of sp³-hybridized carbons (Fsp3) is 0.286. The average molecular weight is 356 g/mol. The fourth-order valence-electron chi connectivity index (χ4n) is 1.80. The lowest BCUT2D eigenvalue weighted by molar-refractivity contribution is -0.383. The number of hydrogen-bond donors (Lipinski definition) is 2. The summed E-state index contributed by atoms with van der Waals surface area (Å²) in [5.41, 5.74) is 0.228. The van der Waals surface area contributed by atoms with E-state index in [1.54, 1.807) is 12.1 Å². The maximum atomic E-state index is 11.4. The zero-order chi connectivity index (χ0) is 17.0. The van der Waals surface area contributed by atoms with Crippen molar-refractivity contribution in [3.05, 3.63) is 44.7 Å². The molecule has 2 aromatic rings. The van der Waals surface area contributed by atoms with E-state index in [0.29, 0.717) is 15.7 Å². The molecule has 2 rings (SSSR count). The molecule has 0 aliphatic rings. The van der Waals surface area contributed by atoms with E-state index in [1.807, 2.05) is 13.8 Å². The first-order chi connectivity index (χ1) is 10.9. The molecule has 1 aromatic heterocycles. The van der Waals surface area contributed by atoms with Crippen LogP contribution in [0.1, 0.15) is 20.3 Å². The SMILES string of the molecule is CCC(C)Nc1ncnc(Nc2ccc(Cl)cc2Cl)c1[N+](=O)[O-]. The van der Waals surface area contributed by atoms with Crippen LogP contribution in [0.4, 0.5) is 23.0 Å². The van der Waals surface area contributed by atoms with Gasteiger partial charge in [0.05, 0.1) is 15.6 Å². The van der Waals surface area contributed by atoms with Gasteiger partial charge in [0.15, 0.2) is 0 Å². The minimum atomic E-state index is -0.531. The Morgan fingerprint density at radius 1 is 1.30 bits per heavy atom.